The van der Waals surface area contributed by atoms with E-state index in [0.29, 0.717) is 19.3 Å². The predicted octanol–water partition coefficient (Wildman–Crippen LogP) is 2.60. The Balaban J connectivity index is 1.33. The van der Waals surface area contributed by atoms with Crippen molar-refractivity contribution in [1.29, 1.82) is 0 Å². The van der Waals surface area contributed by atoms with Crippen molar-refractivity contribution in [3.63, 3.8) is 0 Å². The Bertz CT molecular complexity index is 824. The van der Waals surface area contributed by atoms with Crippen molar-refractivity contribution in [2.75, 3.05) is 13.7 Å². The van der Waals surface area contributed by atoms with E-state index in [1.165, 1.54) is 5.56 Å². The lowest BCUT2D eigenvalue weighted by molar-refractivity contribution is 0.107. The number of hydrogen-bond donors (Lipinski definition) is 1. The van der Waals surface area contributed by atoms with Crippen molar-refractivity contribution in [2.24, 2.45) is 0 Å². The molecule has 0 radical (unpaired) electrons. The van der Waals surface area contributed by atoms with Gasteiger partial charge in [0.05, 0.1) is 32.1 Å². The number of methoxy groups -OCH3 is 1. The lowest BCUT2D eigenvalue weighted by Gasteiger charge is -2.30. The molecule has 0 amide bonds. The van der Waals surface area contributed by atoms with Crippen LogP contribution < -0.4 is 15.6 Å². The van der Waals surface area contributed by atoms with E-state index in [9.17, 15) is 4.79 Å². The number of nitrogens with one attached hydrogen (secondary N) is 1. The lowest BCUT2D eigenvalue weighted by atomic mass is 9.91. The molecule has 2 heterocycles. The first-order chi connectivity index (χ1) is 13.2. The van der Waals surface area contributed by atoms with Crippen LogP contribution in [-0.2, 0) is 24.3 Å². The number of hydrogen-bond acceptors (Lipinski definition) is 5. The number of benzene rings is 1. The van der Waals surface area contributed by atoms with Gasteiger partial charge in [-0.05, 0) is 43.4 Å². The zero-order valence-electron chi connectivity index (χ0n) is 15.8. The molecule has 1 N–H and O–H groups in total. The highest BCUT2D eigenvalue weighted by molar-refractivity contribution is 5.27. The fraction of sp³-hybridized carbons (Fsp3) is 0.524. The molecule has 1 aromatic carbocycles. The van der Waals surface area contributed by atoms with Gasteiger partial charge in [-0.2, -0.15) is 5.10 Å². The molecule has 144 valence electrons. The highest BCUT2D eigenvalue weighted by Gasteiger charge is 2.25. The summed E-state index contributed by atoms with van der Waals surface area (Å²) in [5.41, 5.74) is 3.25. The molecule has 2 aromatic rings. The molecule has 1 saturated carbocycles. The van der Waals surface area contributed by atoms with E-state index < -0.39 is 0 Å². The van der Waals surface area contributed by atoms with Crippen LogP contribution in [0, 0.1) is 0 Å². The van der Waals surface area contributed by atoms with Gasteiger partial charge in [0, 0.05) is 30.6 Å². The molecule has 0 unspecified atom stereocenters. The summed E-state index contributed by atoms with van der Waals surface area (Å²) in [7, 11) is 1.68. The van der Waals surface area contributed by atoms with E-state index >= 15 is 0 Å². The Hall–Kier alpha value is -2.18. The quantitative estimate of drug-likeness (QED) is 0.878. The van der Waals surface area contributed by atoms with Crippen LogP contribution in [-0.4, -0.2) is 29.5 Å². The highest BCUT2D eigenvalue weighted by atomic mass is 16.5. The van der Waals surface area contributed by atoms with Crippen LogP contribution in [0.5, 0.6) is 5.75 Å². The second kappa shape index (κ2) is 8.23. The first-order valence-electron chi connectivity index (χ1n) is 9.78. The summed E-state index contributed by atoms with van der Waals surface area (Å²) in [4.78, 5) is 12.5. The third-order valence-electron chi connectivity index (χ3n) is 5.66. The van der Waals surface area contributed by atoms with Crippen LogP contribution in [0.25, 0.3) is 0 Å². The van der Waals surface area contributed by atoms with Gasteiger partial charge in [0.15, 0.2) is 0 Å². The van der Waals surface area contributed by atoms with Crippen molar-refractivity contribution in [3.8, 4) is 5.75 Å². The fourth-order valence-corrected chi connectivity index (χ4v) is 4.02. The van der Waals surface area contributed by atoms with Crippen LogP contribution in [0.15, 0.2) is 35.1 Å². The molecule has 0 saturated heterocycles. The van der Waals surface area contributed by atoms with Gasteiger partial charge in [-0.3, -0.25) is 4.79 Å². The average molecular weight is 369 g/mol. The molecule has 1 aliphatic heterocycles. The van der Waals surface area contributed by atoms with Crippen LogP contribution in [0.4, 0.5) is 0 Å². The van der Waals surface area contributed by atoms with Gasteiger partial charge in [-0.1, -0.05) is 12.1 Å². The standard InChI is InChI=1S/C21H27N3O3/c1-26-19-8-2-15(3-9-19)13-22-17-4-6-18(7-5-17)24-21(25)12-16-14-27-11-10-20(16)23-24/h2-3,8-9,12,17-18,22H,4-7,10-11,13-14H2,1H3. The average Bonchev–Trinajstić information content (AvgIpc) is 2.72. The molecule has 1 fully saturated rings. The first kappa shape index (κ1) is 18.2. The van der Waals surface area contributed by atoms with Crippen molar-refractivity contribution in [3.05, 3.63) is 57.5 Å². The molecule has 0 atom stereocenters. The first-order valence-corrected chi connectivity index (χ1v) is 9.78. The SMILES string of the molecule is COc1ccc(CNC2CCC(n3nc4c(cc3=O)COCC4)CC2)cc1. The van der Waals surface area contributed by atoms with E-state index in [0.717, 1.165) is 55.7 Å². The molecule has 1 aliphatic carbocycles. The second-order valence-electron chi connectivity index (χ2n) is 7.44. The number of aromatic nitrogens is 2. The zero-order chi connectivity index (χ0) is 18.6. The van der Waals surface area contributed by atoms with Gasteiger partial charge in [-0.15, -0.1) is 0 Å². The summed E-state index contributed by atoms with van der Waals surface area (Å²) in [6, 6.07) is 10.6. The summed E-state index contributed by atoms with van der Waals surface area (Å²) in [5.74, 6) is 0.883. The predicted molar refractivity (Wildman–Crippen MR) is 103 cm³/mol. The summed E-state index contributed by atoms with van der Waals surface area (Å²) in [6.07, 6.45) is 4.91. The molecular weight excluding hydrogens is 342 g/mol. The maximum absolute atomic E-state index is 12.5. The number of fused-ring (bicyclic) bond motifs is 1. The van der Waals surface area contributed by atoms with Gasteiger partial charge in [-0.25, -0.2) is 4.68 Å². The topological polar surface area (TPSA) is 65.4 Å². The Morgan fingerprint density at radius 2 is 2.00 bits per heavy atom. The van der Waals surface area contributed by atoms with Crippen LogP contribution in [0.3, 0.4) is 0 Å². The molecule has 0 bridgehead atoms. The molecule has 4 rings (SSSR count). The second-order valence-corrected chi connectivity index (χ2v) is 7.44. The van der Waals surface area contributed by atoms with E-state index in [2.05, 4.69) is 22.5 Å². The Kier molecular flexibility index (Phi) is 5.55. The summed E-state index contributed by atoms with van der Waals surface area (Å²) in [6.45, 7) is 2.07. The van der Waals surface area contributed by atoms with E-state index in [1.54, 1.807) is 17.9 Å². The largest absolute Gasteiger partial charge is 0.497 e. The lowest BCUT2D eigenvalue weighted by Crippen LogP contribution is -2.37. The maximum Gasteiger partial charge on any atom is 0.267 e. The molecule has 1 aromatic heterocycles. The molecule has 6 nitrogen and oxygen atoms in total. The van der Waals surface area contributed by atoms with Gasteiger partial charge >= 0.3 is 0 Å². The summed E-state index contributed by atoms with van der Waals surface area (Å²) in [5, 5.41) is 8.31. The highest BCUT2D eigenvalue weighted by Crippen LogP contribution is 2.27. The minimum atomic E-state index is 0.00823. The smallest absolute Gasteiger partial charge is 0.267 e. The molecule has 27 heavy (non-hydrogen) atoms. The van der Waals surface area contributed by atoms with Crippen molar-refractivity contribution in [1.82, 2.24) is 15.1 Å². The number of nitrogens with zero attached hydrogens (tertiary/aromatic N) is 2. The van der Waals surface area contributed by atoms with E-state index in [1.807, 2.05) is 12.1 Å². The zero-order valence-corrected chi connectivity index (χ0v) is 15.8. The normalized spacial score (nSPS) is 22.3. The van der Waals surface area contributed by atoms with Gasteiger partial charge in [0.2, 0.25) is 0 Å². The van der Waals surface area contributed by atoms with E-state index in [-0.39, 0.29) is 11.6 Å². The number of rotatable bonds is 5. The van der Waals surface area contributed by atoms with Crippen molar-refractivity contribution < 1.29 is 9.47 Å². The van der Waals surface area contributed by atoms with Gasteiger partial charge < -0.3 is 14.8 Å². The molecule has 6 heteroatoms. The number of ether oxygens (including phenoxy) is 2. The van der Waals surface area contributed by atoms with Gasteiger partial charge in [0.25, 0.3) is 5.56 Å². The minimum Gasteiger partial charge on any atom is -0.497 e. The van der Waals surface area contributed by atoms with E-state index in [4.69, 9.17) is 9.47 Å². The third kappa shape index (κ3) is 4.22. The van der Waals surface area contributed by atoms with Crippen LogP contribution in [0.2, 0.25) is 0 Å². The Morgan fingerprint density at radius 1 is 1.22 bits per heavy atom. The Labute approximate surface area is 159 Å². The monoisotopic (exact) mass is 369 g/mol. The summed E-state index contributed by atoms with van der Waals surface area (Å²) >= 11 is 0. The van der Waals surface area contributed by atoms with Crippen molar-refractivity contribution in [2.45, 2.75) is 57.3 Å². The minimum absolute atomic E-state index is 0.00823. The molecular formula is C21H27N3O3. The van der Waals surface area contributed by atoms with Crippen molar-refractivity contribution >= 4 is 0 Å². The summed E-state index contributed by atoms with van der Waals surface area (Å²) < 4.78 is 12.3. The molecule has 2 aliphatic rings. The van der Waals surface area contributed by atoms with Gasteiger partial charge in [0.1, 0.15) is 5.75 Å². The molecule has 0 spiro atoms. The maximum atomic E-state index is 12.5. The third-order valence-corrected chi connectivity index (χ3v) is 5.66. The van der Waals surface area contributed by atoms with Crippen LogP contribution in [0.1, 0.15) is 48.5 Å². The van der Waals surface area contributed by atoms with Crippen LogP contribution >= 0.6 is 0 Å². The Morgan fingerprint density at radius 3 is 2.74 bits per heavy atom. The fourth-order valence-electron chi connectivity index (χ4n) is 4.02.